The first-order valence-electron chi connectivity index (χ1n) is 4.39. The van der Waals surface area contributed by atoms with Crippen molar-refractivity contribution in [1.29, 1.82) is 0 Å². The van der Waals surface area contributed by atoms with Crippen LogP contribution in [0.15, 0.2) is 41.2 Å². The molecule has 1 aromatic heterocycles. The van der Waals surface area contributed by atoms with Gasteiger partial charge in [0.05, 0.1) is 11.3 Å². The van der Waals surface area contributed by atoms with Crippen molar-refractivity contribution < 1.29 is 0 Å². The molecule has 0 bridgehead atoms. The number of nitrogens with one attached hydrogen (secondary N) is 1. The van der Waals surface area contributed by atoms with Crippen LogP contribution in [0, 0.1) is 6.92 Å². The Balaban J connectivity index is 2.63. The van der Waals surface area contributed by atoms with E-state index in [0.717, 1.165) is 11.3 Å². The van der Waals surface area contributed by atoms with Gasteiger partial charge in [0, 0.05) is 0 Å². The van der Waals surface area contributed by atoms with Crippen LogP contribution in [0.4, 0.5) is 0 Å². The predicted molar refractivity (Wildman–Crippen MR) is 55.0 cm³/mol. The van der Waals surface area contributed by atoms with E-state index in [-0.39, 0.29) is 5.56 Å². The fourth-order valence-electron chi connectivity index (χ4n) is 1.34. The van der Waals surface area contributed by atoms with Crippen molar-refractivity contribution in [2.24, 2.45) is 0 Å². The molecule has 0 unspecified atom stereocenters. The van der Waals surface area contributed by atoms with Gasteiger partial charge in [0.2, 0.25) is 0 Å². The molecule has 3 nitrogen and oxygen atoms in total. The second kappa shape index (κ2) is 3.46. The summed E-state index contributed by atoms with van der Waals surface area (Å²) in [5.41, 5.74) is 2.24. The summed E-state index contributed by atoms with van der Waals surface area (Å²) in [6, 6.07) is 11.3. The standard InChI is InChI=1S/C11H10N2O/c1-8-7-10(11(14)13-12-8)9-5-3-2-4-6-9/h2-7H,1H3,(H,13,14). The lowest BCUT2D eigenvalue weighted by Crippen LogP contribution is -2.11. The van der Waals surface area contributed by atoms with E-state index in [2.05, 4.69) is 10.2 Å². The van der Waals surface area contributed by atoms with Crippen LogP contribution >= 0.6 is 0 Å². The van der Waals surface area contributed by atoms with Gasteiger partial charge < -0.3 is 0 Å². The zero-order valence-corrected chi connectivity index (χ0v) is 7.82. The van der Waals surface area contributed by atoms with Gasteiger partial charge in [0.1, 0.15) is 0 Å². The van der Waals surface area contributed by atoms with E-state index in [1.54, 1.807) is 6.07 Å². The number of aryl methyl sites for hydroxylation is 1. The summed E-state index contributed by atoms with van der Waals surface area (Å²) < 4.78 is 0. The highest BCUT2D eigenvalue weighted by molar-refractivity contribution is 5.62. The Kier molecular flexibility index (Phi) is 2.14. The molecule has 3 heteroatoms. The number of nitrogens with zero attached hydrogens (tertiary/aromatic N) is 1. The Hall–Kier alpha value is -1.90. The lowest BCUT2D eigenvalue weighted by atomic mass is 10.1. The van der Waals surface area contributed by atoms with Crippen molar-refractivity contribution in [3.8, 4) is 11.1 Å². The third-order valence-corrected chi connectivity index (χ3v) is 2.02. The van der Waals surface area contributed by atoms with E-state index in [1.165, 1.54) is 0 Å². The topological polar surface area (TPSA) is 45.8 Å². The van der Waals surface area contributed by atoms with Gasteiger partial charge in [-0.25, -0.2) is 5.10 Å². The Bertz CT molecular complexity index is 488. The normalized spacial score (nSPS) is 10.1. The van der Waals surface area contributed by atoms with Crippen LogP contribution in [0.3, 0.4) is 0 Å². The van der Waals surface area contributed by atoms with E-state index >= 15 is 0 Å². The third kappa shape index (κ3) is 1.57. The minimum atomic E-state index is -0.151. The minimum Gasteiger partial charge on any atom is -0.267 e. The van der Waals surface area contributed by atoms with Crippen LogP contribution in [0.1, 0.15) is 5.69 Å². The van der Waals surface area contributed by atoms with Crippen LogP contribution in [0.25, 0.3) is 11.1 Å². The number of aromatic nitrogens is 2. The maximum atomic E-state index is 11.5. The molecule has 1 aromatic carbocycles. The van der Waals surface area contributed by atoms with Crippen molar-refractivity contribution in [2.45, 2.75) is 6.92 Å². The molecule has 0 amide bonds. The van der Waals surface area contributed by atoms with Gasteiger partial charge in [0.25, 0.3) is 5.56 Å². The molecule has 0 spiro atoms. The second-order valence-electron chi connectivity index (χ2n) is 3.12. The van der Waals surface area contributed by atoms with Crippen molar-refractivity contribution in [2.75, 3.05) is 0 Å². The second-order valence-corrected chi connectivity index (χ2v) is 3.12. The average molecular weight is 186 g/mol. The SMILES string of the molecule is Cc1cc(-c2ccccc2)c(=O)[nH]n1. The molecule has 0 aliphatic rings. The largest absolute Gasteiger partial charge is 0.272 e. The monoisotopic (exact) mass is 186 g/mol. The van der Waals surface area contributed by atoms with Crippen LogP contribution in [0.2, 0.25) is 0 Å². The van der Waals surface area contributed by atoms with Crippen molar-refractivity contribution in [3.05, 3.63) is 52.4 Å². The molecule has 0 atom stereocenters. The Labute approximate surface area is 81.4 Å². The summed E-state index contributed by atoms with van der Waals surface area (Å²) in [7, 11) is 0. The predicted octanol–water partition coefficient (Wildman–Crippen LogP) is 1.75. The fourth-order valence-corrected chi connectivity index (χ4v) is 1.34. The molecule has 0 fully saturated rings. The van der Waals surface area contributed by atoms with Gasteiger partial charge in [0.15, 0.2) is 0 Å². The smallest absolute Gasteiger partial charge is 0.267 e. The van der Waals surface area contributed by atoms with Crippen molar-refractivity contribution in [3.63, 3.8) is 0 Å². The summed E-state index contributed by atoms with van der Waals surface area (Å²) in [4.78, 5) is 11.5. The number of hydrogen-bond acceptors (Lipinski definition) is 2. The molecule has 70 valence electrons. The number of benzene rings is 1. The Morgan fingerprint density at radius 3 is 2.64 bits per heavy atom. The Morgan fingerprint density at radius 1 is 1.21 bits per heavy atom. The molecule has 1 N–H and O–H groups in total. The summed E-state index contributed by atoms with van der Waals surface area (Å²) in [6.07, 6.45) is 0. The first-order valence-corrected chi connectivity index (χ1v) is 4.39. The van der Waals surface area contributed by atoms with E-state index in [1.807, 2.05) is 37.3 Å². The van der Waals surface area contributed by atoms with Gasteiger partial charge >= 0.3 is 0 Å². The van der Waals surface area contributed by atoms with Gasteiger partial charge in [-0.3, -0.25) is 4.79 Å². The molecule has 2 rings (SSSR count). The Morgan fingerprint density at radius 2 is 1.93 bits per heavy atom. The van der Waals surface area contributed by atoms with Gasteiger partial charge in [-0.2, -0.15) is 5.10 Å². The maximum absolute atomic E-state index is 11.5. The van der Waals surface area contributed by atoms with Crippen molar-refractivity contribution in [1.82, 2.24) is 10.2 Å². The number of hydrogen-bond donors (Lipinski definition) is 1. The molecular formula is C11H10N2O. The summed E-state index contributed by atoms with van der Waals surface area (Å²) in [5.74, 6) is 0. The molecule has 1 heterocycles. The van der Waals surface area contributed by atoms with Crippen LogP contribution in [0.5, 0.6) is 0 Å². The molecule has 14 heavy (non-hydrogen) atoms. The quantitative estimate of drug-likeness (QED) is 0.737. The van der Waals surface area contributed by atoms with E-state index in [9.17, 15) is 4.79 Å². The molecule has 0 saturated carbocycles. The molecule has 0 aliphatic carbocycles. The van der Waals surface area contributed by atoms with Crippen LogP contribution in [-0.2, 0) is 0 Å². The summed E-state index contributed by atoms with van der Waals surface area (Å²) >= 11 is 0. The minimum absolute atomic E-state index is 0.151. The average Bonchev–Trinajstić information content (AvgIpc) is 2.23. The van der Waals surface area contributed by atoms with E-state index < -0.39 is 0 Å². The number of aromatic amines is 1. The van der Waals surface area contributed by atoms with E-state index in [4.69, 9.17) is 0 Å². The highest BCUT2D eigenvalue weighted by Gasteiger charge is 2.02. The van der Waals surface area contributed by atoms with Crippen LogP contribution < -0.4 is 5.56 Å². The highest BCUT2D eigenvalue weighted by Crippen LogP contribution is 2.13. The van der Waals surface area contributed by atoms with Gasteiger partial charge in [-0.05, 0) is 18.6 Å². The zero-order valence-electron chi connectivity index (χ0n) is 7.82. The molecule has 0 saturated heterocycles. The number of H-pyrrole nitrogens is 1. The maximum Gasteiger partial charge on any atom is 0.272 e. The summed E-state index contributed by atoms with van der Waals surface area (Å²) in [5, 5.41) is 6.29. The highest BCUT2D eigenvalue weighted by atomic mass is 16.1. The van der Waals surface area contributed by atoms with Crippen LogP contribution in [-0.4, -0.2) is 10.2 Å². The van der Waals surface area contributed by atoms with Gasteiger partial charge in [-0.15, -0.1) is 0 Å². The van der Waals surface area contributed by atoms with Gasteiger partial charge in [-0.1, -0.05) is 30.3 Å². The lowest BCUT2D eigenvalue weighted by Gasteiger charge is -1.99. The molecular weight excluding hydrogens is 176 g/mol. The zero-order chi connectivity index (χ0) is 9.97. The fraction of sp³-hybridized carbons (Fsp3) is 0.0909. The summed E-state index contributed by atoms with van der Waals surface area (Å²) in [6.45, 7) is 1.85. The molecule has 2 aromatic rings. The van der Waals surface area contributed by atoms with E-state index in [0.29, 0.717) is 5.56 Å². The lowest BCUT2D eigenvalue weighted by molar-refractivity contribution is 0.949. The van der Waals surface area contributed by atoms with Crippen molar-refractivity contribution >= 4 is 0 Å². The molecule has 0 aliphatic heterocycles. The first-order chi connectivity index (χ1) is 6.77. The first kappa shape index (κ1) is 8.69. The third-order valence-electron chi connectivity index (χ3n) is 2.02. The molecule has 0 radical (unpaired) electrons. The number of rotatable bonds is 1.